The molecular formula is HFK2O. The van der Waals surface area contributed by atoms with Gasteiger partial charge in [0.15, 0.2) is 0 Å². The predicted octanol–water partition coefficient (Wildman–Crippen LogP) is -5.96. The molecule has 0 aliphatic rings. The van der Waals surface area contributed by atoms with Crippen molar-refractivity contribution in [1.82, 2.24) is 0 Å². The summed E-state index contributed by atoms with van der Waals surface area (Å²) in [4.78, 5) is 0. The van der Waals surface area contributed by atoms with Crippen molar-refractivity contribution < 1.29 is 113 Å². The zero-order chi connectivity index (χ0) is 0. The molecule has 0 atom stereocenters. The van der Waals surface area contributed by atoms with Crippen molar-refractivity contribution in [3.8, 4) is 0 Å². The van der Waals surface area contributed by atoms with Gasteiger partial charge in [0, 0.05) is 0 Å². The van der Waals surface area contributed by atoms with Gasteiger partial charge in [-0.1, -0.05) is 0 Å². The summed E-state index contributed by atoms with van der Waals surface area (Å²) in [6.07, 6.45) is 0. The average Bonchev–Trinajstić information content (AvgIpc) is 0. The summed E-state index contributed by atoms with van der Waals surface area (Å²) < 4.78 is 0. The molecule has 4 heteroatoms. The van der Waals surface area contributed by atoms with E-state index in [0.29, 0.717) is 0 Å². The predicted molar refractivity (Wildman–Crippen MR) is 3.19 cm³/mol. The van der Waals surface area contributed by atoms with E-state index < -0.39 is 0 Å². The Morgan fingerprint density at radius 2 is 0.750 bits per heavy atom. The third-order valence-electron chi connectivity index (χ3n) is 0. The first kappa shape index (κ1) is 27.2. The third kappa shape index (κ3) is 8.94. The normalized spacial score (nSPS) is 0. The minimum absolute atomic E-state index is 0. The van der Waals surface area contributed by atoms with Gasteiger partial charge >= 0.3 is 103 Å². The van der Waals surface area contributed by atoms with Crippen LogP contribution in [0.5, 0.6) is 0 Å². The Morgan fingerprint density at radius 1 is 0.750 bits per heavy atom. The molecule has 0 unspecified atom stereocenters. The standard InChI is InChI=1S/FH.2K.O/h1H;;;/q;2*+1;-2. The average molecular weight is 114 g/mol. The number of hydrogen-bond acceptors (Lipinski definition) is 0. The van der Waals surface area contributed by atoms with E-state index in [4.69, 9.17) is 0 Å². The molecule has 0 heterocycles. The molecule has 0 aromatic rings. The molecule has 0 amide bonds. The molecule has 0 radical (unpaired) electrons. The smallest absolute Gasteiger partial charge is 1.00 e. The second kappa shape index (κ2) is 16.4. The van der Waals surface area contributed by atoms with Crippen LogP contribution in [0.25, 0.3) is 0 Å². The van der Waals surface area contributed by atoms with Crippen molar-refractivity contribution in [2.75, 3.05) is 0 Å². The first-order valence-electron chi connectivity index (χ1n) is 0. The largest absolute Gasteiger partial charge is 2.00 e. The van der Waals surface area contributed by atoms with Gasteiger partial charge in [-0.25, -0.2) is 0 Å². The molecule has 0 rings (SSSR count). The van der Waals surface area contributed by atoms with Gasteiger partial charge in [0.05, 0.1) is 0 Å². The fourth-order valence-corrected chi connectivity index (χ4v) is 0. The molecule has 16 valence electrons. The van der Waals surface area contributed by atoms with Crippen molar-refractivity contribution in [1.29, 1.82) is 0 Å². The van der Waals surface area contributed by atoms with Crippen LogP contribution in [-0.2, 0) is 5.48 Å². The Kier molecular flexibility index (Phi) is 112. The Labute approximate surface area is 109 Å². The van der Waals surface area contributed by atoms with Crippen LogP contribution in [0, 0.1) is 0 Å². The van der Waals surface area contributed by atoms with E-state index in [1.165, 1.54) is 0 Å². The maximum absolute atomic E-state index is 0. The fraction of sp³-hybridized carbons (Fsp3) is 0. The van der Waals surface area contributed by atoms with Crippen molar-refractivity contribution in [3.05, 3.63) is 0 Å². The fourth-order valence-electron chi connectivity index (χ4n) is 0. The third-order valence-corrected chi connectivity index (χ3v) is 0. The summed E-state index contributed by atoms with van der Waals surface area (Å²) in [6.45, 7) is 0. The van der Waals surface area contributed by atoms with Gasteiger partial charge < -0.3 is 5.48 Å². The SMILES string of the molecule is F.[K+].[K+].[O-2]. The van der Waals surface area contributed by atoms with Crippen molar-refractivity contribution >= 4 is 0 Å². The monoisotopic (exact) mass is 114 g/mol. The molecule has 1 nitrogen and oxygen atoms in total. The van der Waals surface area contributed by atoms with Crippen LogP contribution in [0.2, 0.25) is 0 Å². The van der Waals surface area contributed by atoms with Crippen molar-refractivity contribution in [3.63, 3.8) is 0 Å². The van der Waals surface area contributed by atoms with E-state index in [0.717, 1.165) is 0 Å². The topological polar surface area (TPSA) is 28.5 Å². The molecule has 0 aliphatic carbocycles. The summed E-state index contributed by atoms with van der Waals surface area (Å²) in [5, 5.41) is 0. The van der Waals surface area contributed by atoms with Gasteiger partial charge in [0.1, 0.15) is 0 Å². The van der Waals surface area contributed by atoms with Crippen LogP contribution in [0.3, 0.4) is 0 Å². The molecule has 0 aromatic carbocycles. The van der Waals surface area contributed by atoms with Crippen LogP contribution < -0.4 is 103 Å². The quantitative estimate of drug-likeness (QED) is 0.281. The second-order valence-electron chi connectivity index (χ2n) is 0. The molecule has 0 saturated heterocycles. The van der Waals surface area contributed by atoms with E-state index in [1.807, 2.05) is 0 Å². The molecule has 0 N–H and O–H groups in total. The van der Waals surface area contributed by atoms with E-state index >= 15 is 0 Å². The molecule has 0 aliphatic heterocycles. The van der Waals surface area contributed by atoms with Gasteiger partial charge in [-0.2, -0.15) is 0 Å². The van der Waals surface area contributed by atoms with Gasteiger partial charge in [-0.3, -0.25) is 4.70 Å². The summed E-state index contributed by atoms with van der Waals surface area (Å²) in [5.41, 5.74) is 0. The van der Waals surface area contributed by atoms with E-state index in [-0.39, 0.29) is 113 Å². The van der Waals surface area contributed by atoms with E-state index in [1.54, 1.807) is 0 Å². The van der Waals surface area contributed by atoms with Crippen LogP contribution in [0.15, 0.2) is 0 Å². The molecule has 0 saturated carbocycles. The van der Waals surface area contributed by atoms with Gasteiger partial charge in [0.25, 0.3) is 0 Å². The van der Waals surface area contributed by atoms with Gasteiger partial charge in [0.2, 0.25) is 0 Å². The Morgan fingerprint density at radius 3 is 0.750 bits per heavy atom. The summed E-state index contributed by atoms with van der Waals surface area (Å²) in [7, 11) is 0. The minimum Gasteiger partial charge on any atom is -2.00 e. The number of halogens is 1. The summed E-state index contributed by atoms with van der Waals surface area (Å²) in [5.74, 6) is 0. The Bertz CT molecular complexity index is 6.00. The molecule has 4 heavy (non-hydrogen) atoms. The van der Waals surface area contributed by atoms with Crippen LogP contribution in [-0.4, -0.2) is 0 Å². The summed E-state index contributed by atoms with van der Waals surface area (Å²) in [6, 6.07) is 0. The molecule has 0 aromatic heterocycles. The molecule has 0 fully saturated rings. The van der Waals surface area contributed by atoms with Crippen LogP contribution in [0.4, 0.5) is 4.70 Å². The van der Waals surface area contributed by atoms with Crippen molar-refractivity contribution in [2.45, 2.75) is 0 Å². The van der Waals surface area contributed by atoms with Crippen LogP contribution >= 0.6 is 0 Å². The molecule has 0 spiro atoms. The maximum atomic E-state index is 0. The summed E-state index contributed by atoms with van der Waals surface area (Å²) >= 11 is 0. The molecular weight excluding hydrogens is 113 g/mol. The van der Waals surface area contributed by atoms with E-state index in [9.17, 15) is 0 Å². The zero-order valence-corrected chi connectivity index (χ0v) is 9.06. The van der Waals surface area contributed by atoms with Crippen LogP contribution in [0.1, 0.15) is 0 Å². The molecule has 0 bridgehead atoms. The number of hydrogen-bond donors (Lipinski definition) is 0. The second-order valence-corrected chi connectivity index (χ2v) is 0. The van der Waals surface area contributed by atoms with Gasteiger partial charge in [-0.15, -0.1) is 0 Å². The van der Waals surface area contributed by atoms with Crippen molar-refractivity contribution in [2.24, 2.45) is 0 Å². The van der Waals surface area contributed by atoms with Gasteiger partial charge in [-0.05, 0) is 0 Å². The maximum Gasteiger partial charge on any atom is 1.00 e. The Balaban J connectivity index is 0. The first-order chi connectivity index (χ1) is 0. The number of rotatable bonds is 0. The Hall–Kier alpha value is 3.16. The zero-order valence-electron chi connectivity index (χ0n) is 2.82. The first-order valence-corrected chi connectivity index (χ1v) is 0. The minimum atomic E-state index is 0. The van der Waals surface area contributed by atoms with E-state index in [2.05, 4.69) is 0 Å².